The van der Waals surface area contributed by atoms with E-state index in [0.717, 1.165) is 0 Å². The molecule has 0 atom stereocenters. The molecule has 0 aliphatic carbocycles. The van der Waals surface area contributed by atoms with Gasteiger partial charge in [0.25, 0.3) is 0 Å². The number of hydrogen-bond acceptors (Lipinski definition) is 3. The van der Waals surface area contributed by atoms with Crippen LogP contribution in [0, 0.1) is 0 Å². The Morgan fingerprint density at radius 1 is 1.35 bits per heavy atom. The largest absolute Gasteiger partial charge is 0.397 e. The number of nitrogen functional groups attached to an aromatic ring is 1. The molecule has 0 aromatic heterocycles. The van der Waals surface area contributed by atoms with Crippen LogP contribution in [0.15, 0.2) is 24.3 Å². The number of anilines is 2. The van der Waals surface area contributed by atoms with Crippen molar-refractivity contribution < 1.29 is 9.59 Å². The summed E-state index contributed by atoms with van der Waals surface area (Å²) in [6.07, 6.45) is 0. The minimum absolute atomic E-state index is 0.0704. The van der Waals surface area contributed by atoms with Gasteiger partial charge in [0.15, 0.2) is 0 Å². The van der Waals surface area contributed by atoms with E-state index in [1.54, 1.807) is 11.0 Å². The number of nitrogens with zero attached hydrogens (tertiary/aromatic N) is 2. The summed E-state index contributed by atoms with van der Waals surface area (Å²) in [5.74, 6) is -0.142. The molecule has 0 unspecified atom stereocenters. The Bertz CT molecular complexity index is 516. The molecule has 1 heterocycles. The molecule has 3 amide bonds. The topological polar surface area (TPSA) is 78.7 Å². The molecule has 0 spiro atoms. The second-order valence-corrected chi connectivity index (χ2v) is 5.14. The van der Waals surface area contributed by atoms with Gasteiger partial charge in [0, 0.05) is 19.1 Å². The maximum absolute atomic E-state index is 12.3. The van der Waals surface area contributed by atoms with E-state index in [0.29, 0.717) is 24.5 Å². The van der Waals surface area contributed by atoms with E-state index in [1.807, 2.05) is 32.0 Å². The summed E-state index contributed by atoms with van der Waals surface area (Å²) < 4.78 is 0. The number of benzene rings is 1. The van der Waals surface area contributed by atoms with Crippen LogP contribution in [-0.2, 0) is 4.79 Å². The van der Waals surface area contributed by atoms with Crippen LogP contribution in [0.1, 0.15) is 13.8 Å². The number of rotatable bonds is 4. The van der Waals surface area contributed by atoms with Gasteiger partial charge in [-0.15, -0.1) is 0 Å². The molecule has 108 valence electrons. The second-order valence-electron chi connectivity index (χ2n) is 5.14. The third-order valence-corrected chi connectivity index (χ3v) is 3.11. The highest BCUT2D eigenvalue weighted by molar-refractivity contribution is 5.98. The molecular formula is C14H20N4O2. The second kappa shape index (κ2) is 5.81. The Balaban J connectivity index is 2.03. The fraction of sp³-hybridized carbons (Fsp3) is 0.429. The smallest absolute Gasteiger partial charge is 0.325 e. The first kappa shape index (κ1) is 14.2. The number of urea groups is 1. The van der Waals surface area contributed by atoms with Crippen molar-refractivity contribution in [2.24, 2.45) is 0 Å². The molecule has 6 heteroatoms. The van der Waals surface area contributed by atoms with E-state index in [2.05, 4.69) is 5.32 Å². The number of nitrogens with one attached hydrogen (secondary N) is 1. The van der Waals surface area contributed by atoms with Gasteiger partial charge in [0.2, 0.25) is 5.91 Å². The average molecular weight is 276 g/mol. The van der Waals surface area contributed by atoms with Gasteiger partial charge in [0.1, 0.15) is 6.54 Å². The number of nitrogens with two attached hydrogens (primary N) is 1. The molecule has 0 saturated carbocycles. The molecule has 1 aromatic rings. The fourth-order valence-electron chi connectivity index (χ4n) is 2.23. The molecule has 1 saturated heterocycles. The Morgan fingerprint density at radius 2 is 2.05 bits per heavy atom. The quantitative estimate of drug-likeness (QED) is 0.806. The van der Waals surface area contributed by atoms with Crippen molar-refractivity contribution in [3.63, 3.8) is 0 Å². The van der Waals surface area contributed by atoms with Crippen molar-refractivity contribution >= 4 is 23.3 Å². The van der Waals surface area contributed by atoms with Gasteiger partial charge in [-0.3, -0.25) is 9.69 Å². The van der Waals surface area contributed by atoms with Crippen LogP contribution in [0.3, 0.4) is 0 Å². The monoisotopic (exact) mass is 276 g/mol. The maximum Gasteiger partial charge on any atom is 0.325 e. The van der Waals surface area contributed by atoms with Crippen LogP contribution >= 0.6 is 0 Å². The average Bonchev–Trinajstić information content (AvgIpc) is 2.71. The fourth-order valence-corrected chi connectivity index (χ4v) is 2.23. The zero-order chi connectivity index (χ0) is 14.7. The van der Waals surface area contributed by atoms with Gasteiger partial charge in [-0.05, 0) is 26.0 Å². The maximum atomic E-state index is 12.3. The van der Waals surface area contributed by atoms with Gasteiger partial charge in [0.05, 0.1) is 11.4 Å². The molecule has 20 heavy (non-hydrogen) atoms. The van der Waals surface area contributed by atoms with Gasteiger partial charge in [-0.2, -0.15) is 0 Å². The van der Waals surface area contributed by atoms with Gasteiger partial charge in [-0.25, -0.2) is 4.79 Å². The molecule has 1 fully saturated rings. The van der Waals surface area contributed by atoms with Crippen molar-refractivity contribution in [3.05, 3.63) is 24.3 Å². The Kier molecular flexibility index (Phi) is 4.12. The molecule has 1 aromatic carbocycles. The Labute approximate surface area is 118 Å². The van der Waals surface area contributed by atoms with E-state index in [1.165, 1.54) is 4.90 Å². The Hall–Kier alpha value is -2.24. The number of hydrogen-bond donors (Lipinski definition) is 2. The van der Waals surface area contributed by atoms with E-state index < -0.39 is 0 Å². The van der Waals surface area contributed by atoms with Gasteiger partial charge < -0.3 is 16.0 Å². The molecule has 1 aliphatic heterocycles. The first-order valence-corrected chi connectivity index (χ1v) is 6.69. The van der Waals surface area contributed by atoms with Crippen molar-refractivity contribution in [3.8, 4) is 0 Å². The highest BCUT2D eigenvalue weighted by Crippen LogP contribution is 2.25. The van der Waals surface area contributed by atoms with Gasteiger partial charge >= 0.3 is 6.03 Å². The van der Waals surface area contributed by atoms with Gasteiger partial charge in [-0.1, -0.05) is 12.1 Å². The molecular weight excluding hydrogens is 256 g/mol. The predicted octanol–water partition coefficient (Wildman–Crippen LogP) is 1.04. The summed E-state index contributed by atoms with van der Waals surface area (Å²) >= 11 is 0. The highest BCUT2D eigenvalue weighted by Gasteiger charge is 2.31. The summed E-state index contributed by atoms with van der Waals surface area (Å²) in [6, 6.07) is 7.13. The zero-order valence-corrected chi connectivity index (χ0v) is 11.8. The lowest BCUT2D eigenvalue weighted by Crippen LogP contribution is -2.42. The summed E-state index contributed by atoms with van der Waals surface area (Å²) in [6.45, 7) is 4.93. The molecule has 0 radical (unpaired) electrons. The normalized spacial score (nSPS) is 15.1. The van der Waals surface area contributed by atoms with E-state index in [4.69, 9.17) is 5.73 Å². The molecule has 0 bridgehead atoms. The molecule has 1 aliphatic rings. The first-order chi connectivity index (χ1) is 9.49. The third kappa shape index (κ3) is 3.01. The van der Waals surface area contributed by atoms with Crippen molar-refractivity contribution in [1.82, 2.24) is 10.2 Å². The van der Waals surface area contributed by atoms with Crippen molar-refractivity contribution in [1.29, 1.82) is 0 Å². The SMILES string of the molecule is CC(C)NC(=O)CN1CCN(c2ccccc2N)C1=O. The Morgan fingerprint density at radius 3 is 2.70 bits per heavy atom. The summed E-state index contributed by atoms with van der Waals surface area (Å²) in [4.78, 5) is 27.2. The number of carbonyl (C=O) groups is 2. The molecule has 6 nitrogen and oxygen atoms in total. The molecule has 2 rings (SSSR count). The lowest BCUT2D eigenvalue weighted by Gasteiger charge is -2.20. The summed E-state index contributed by atoms with van der Waals surface area (Å²) in [5.41, 5.74) is 7.15. The zero-order valence-electron chi connectivity index (χ0n) is 11.8. The van der Waals surface area contributed by atoms with E-state index in [9.17, 15) is 9.59 Å². The highest BCUT2D eigenvalue weighted by atomic mass is 16.2. The number of para-hydroxylation sites is 2. The minimum atomic E-state index is -0.179. The first-order valence-electron chi connectivity index (χ1n) is 6.69. The van der Waals surface area contributed by atoms with Crippen LogP contribution in [0.25, 0.3) is 0 Å². The summed E-state index contributed by atoms with van der Waals surface area (Å²) in [7, 11) is 0. The van der Waals surface area contributed by atoms with E-state index >= 15 is 0 Å². The lowest BCUT2D eigenvalue weighted by molar-refractivity contribution is -0.122. The van der Waals surface area contributed by atoms with Crippen LogP contribution in [0.2, 0.25) is 0 Å². The van der Waals surface area contributed by atoms with Crippen LogP contribution < -0.4 is 16.0 Å². The summed E-state index contributed by atoms with van der Waals surface area (Å²) in [5, 5.41) is 2.78. The number of amides is 3. The van der Waals surface area contributed by atoms with Crippen LogP contribution in [0.5, 0.6) is 0 Å². The number of carbonyl (C=O) groups excluding carboxylic acids is 2. The predicted molar refractivity (Wildman–Crippen MR) is 78.4 cm³/mol. The standard InChI is InChI=1S/C14H20N4O2/c1-10(2)16-13(19)9-17-7-8-18(14(17)20)12-6-4-3-5-11(12)15/h3-6,10H,7-9,15H2,1-2H3,(H,16,19). The third-order valence-electron chi connectivity index (χ3n) is 3.11. The minimum Gasteiger partial charge on any atom is -0.397 e. The van der Waals surface area contributed by atoms with Crippen molar-refractivity contribution in [2.75, 3.05) is 30.3 Å². The lowest BCUT2D eigenvalue weighted by atomic mass is 10.2. The van der Waals surface area contributed by atoms with Crippen LogP contribution in [-0.4, -0.2) is 42.5 Å². The molecule has 3 N–H and O–H groups in total. The van der Waals surface area contributed by atoms with Crippen molar-refractivity contribution in [2.45, 2.75) is 19.9 Å². The van der Waals surface area contributed by atoms with Crippen LogP contribution in [0.4, 0.5) is 16.2 Å². The van der Waals surface area contributed by atoms with E-state index in [-0.39, 0.29) is 24.5 Å².